The Morgan fingerprint density at radius 2 is 2.23 bits per heavy atom. The van der Waals surface area contributed by atoms with Gasteiger partial charge in [0.1, 0.15) is 0 Å². The van der Waals surface area contributed by atoms with Crippen LogP contribution in [0.3, 0.4) is 0 Å². The number of rotatable bonds is 4. The number of ether oxygens (including phenoxy) is 1. The lowest BCUT2D eigenvalue weighted by atomic mass is 9.57. The van der Waals surface area contributed by atoms with Crippen LogP contribution in [-0.2, 0) is 16.1 Å². The Hall–Kier alpha value is -1.39. The molecule has 0 aromatic heterocycles. The van der Waals surface area contributed by atoms with Gasteiger partial charge in [-0.2, -0.15) is 0 Å². The summed E-state index contributed by atoms with van der Waals surface area (Å²) in [5.74, 6) is 0.634. The molecule has 1 aliphatic heterocycles. The molecule has 0 unspecified atom stereocenters. The molecule has 0 spiro atoms. The van der Waals surface area contributed by atoms with Gasteiger partial charge in [-0.15, -0.1) is 0 Å². The third-order valence-corrected chi connectivity index (χ3v) is 5.19. The van der Waals surface area contributed by atoms with E-state index in [1.165, 1.54) is 18.9 Å². The zero-order valence-electron chi connectivity index (χ0n) is 13.9. The van der Waals surface area contributed by atoms with Crippen molar-refractivity contribution >= 4 is 11.6 Å². The lowest BCUT2D eigenvalue weighted by Gasteiger charge is -2.58. The molecule has 1 amide bonds. The van der Waals surface area contributed by atoms with Crippen molar-refractivity contribution in [3.8, 4) is 0 Å². The molecular weight excluding hydrogens is 276 g/mol. The van der Waals surface area contributed by atoms with E-state index < -0.39 is 0 Å². The molecule has 3 rings (SSSR count). The van der Waals surface area contributed by atoms with Gasteiger partial charge in [0.05, 0.1) is 6.10 Å². The highest BCUT2D eigenvalue weighted by molar-refractivity contribution is 5.88. The fourth-order valence-corrected chi connectivity index (χ4v) is 4.53. The van der Waals surface area contributed by atoms with E-state index in [0.29, 0.717) is 18.1 Å². The predicted octanol–water partition coefficient (Wildman–Crippen LogP) is 2.89. The Bertz CT molecular complexity index is 570. The van der Waals surface area contributed by atoms with Crippen LogP contribution in [-0.4, -0.2) is 36.6 Å². The lowest BCUT2D eigenvalue weighted by molar-refractivity contribution is -0.151. The minimum absolute atomic E-state index is 0.0309. The standard InChI is InChI=1S/C18H26N2O2/c1-12(21)19-14-7-5-6-13(10-14)11-20(4)16-15-8-9-22-17(15)18(16,2)3/h5-7,10,15-17H,8-9,11H2,1-4H3,(H,19,21)/t15-,16+,17+/m0/s1. The van der Waals surface area contributed by atoms with Crippen LogP contribution in [0.5, 0.6) is 0 Å². The van der Waals surface area contributed by atoms with Gasteiger partial charge in [0.25, 0.3) is 0 Å². The van der Waals surface area contributed by atoms with Crippen LogP contribution in [0.15, 0.2) is 24.3 Å². The molecule has 2 aliphatic rings. The first kappa shape index (κ1) is 15.5. The Morgan fingerprint density at radius 1 is 1.45 bits per heavy atom. The Balaban J connectivity index is 1.69. The molecule has 1 saturated heterocycles. The summed E-state index contributed by atoms with van der Waals surface area (Å²) in [5.41, 5.74) is 2.31. The maximum atomic E-state index is 11.2. The average molecular weight is 302 g/mol. The zero-order chi connectivity index (χ0) is 15.9. The average Bonchev–Trinajstić information content (AvgIpc) is 2.84. The largest absolute Gasteiger partial charge is 0.377 e. The van der Waals surface area contributed by atoms with Gasteiger partial charge >= 0.3 is 0 Å². The van der Waals surface area contributed by atoms with E-state index in [2.05, 4.69) is 43.2 Å². The van der Waals surface area contributed by atoms with Crippen LogP contribution in [0, 0.1) is 11.3 Å². The lowest BCUT2D eigenvalue weighted by Crippen LogP contribution is -2.65. The van der Waals surface area contributed by atoms with Crippen LogP contribution in [0.25, 0.3) is 0 Å². The van der Waals surface area contributed by atoms with Crippen LogP contribution in [0.2, 0.25) is 0 Å². The number of hydrogen-bond donors (Lipinski definition) is 1. The Kier molecular flexibility index (Phi) is 4.00. The SMILES string of the molecule is CC(=O)Nc1cccc(CN(C)[C@@H]2[C@@H]3CCO[C@H]3C2(C)C)c1. The van der Waals surface area contributed by atoms with Crippen LogP contribution >= 0.6 is 0 Å². The van der Waals surface area contributed by atoms with Gasteiger partial charge < -0.3 is 10.1 Å². The number of nitrogens with zero attached hydrogens (tertiary/aromatic N) is 1. The molecule has 1 heterocycles. The Morgan fingerprint density at radius 3 is 2.95 bits per heavy atom. The van der Waals surface area contributed by atoms with Gasteiger partial charge in [0.15, 0.2) is 0 Å². The first-order valence-electron chi connectivity index (χ1n) is 8.08. The summed E-state index contributed by atoms with van der Waals surface area (Å²) in [4.78, 5) is 13.6. The summed E-state index contributed by atoms with van der Waals surface area (Å²) in [6.45, 7) is 7.96. The molecule has 1 saturated carbocycles. The highest BCUT2D eigenvalue weighted by Gasteiger charge is 2.60. The molecular formula is C18H26N2O2. The number of nitrogens with one attached hydrogen (secondary N) is 1. The highest BCUT2D eigenvalue weighted by atomic mass is 16.5. The van der Waals surface area contributed by atoms with E-state index in [1.54, 1.807) is 0 Å². The molecule has 1 N–H and O–H groups in total. The maximum Gasteiger partial charge on any atom is 0.221 e. The number of anilines is 1. The summed E-state index contributed by atoms with van der Waals surface area (Å²) in [6.07, 6.45) is 1.60. The normalized spacial score (nSPS) is 29.0. The van der Waals surface area contributed by atoms with Gasteiger partial charge in [-0.05, 0) is 31.2 Å². The second kappa shape index (κ2) is 5.67. The smallest absolute Gasteiger partial charge is 0.221 e. The minimum atomic E-state index is -0.0309. The van der Waals surface area contributed by atoms with Gasteiger partial charge in [-0.25, -0.2) is 0 Å². The summed E-state index contributed by atoms with van der Waals surface area (Å²) < 4.78 is 5.89. The number of carbonyl (C=O) groups excluding carboxylic acids is 1. The van der Waals surface area contributed by atoms with E-state index in [-0.39, 0.29) is 11.3 Å². The zero-order valence-corrected chi connectivity index (χ0v) is 13.9. The molecule has 4 heteroatoms. The van der Waals surface area contributed by atoms with Crippen LogP contribution < -0.4 is 5.32 Å². The topological polar surface area (TPSA) is 41.6 Å². The summed E-state index contributed by atoms with van der Waals surface area (Å²) in [7, 11) is 2.20. The minimum Gasteiger partial charge on any atom is -0.377 e. The van der Waals surface area contributed by atoms with Gasteiger partial charge in [0, 0.05) is 43.1 Å². The predicted molar refractivity (Wildman–Crippen MR) is 87.6 cm³/mol. The summed E-state index contributed by atoms with van der Waals surface area (Å²) in [5, 5.41) is 2.85. The van der Waals surface area contributed by atoms with Crippen molar-refractivity contribution in [3.05, 3.63) is 29.8 Å². The molecule has 120 valence electrons. The number of fused-ring (bicyclic) bond motifs is 1. The molecule has 4 nitrogen and oxygen atoms in total. The fraction of sp³-hybridized carbons (Fsp3) is 0.611. The van der Waals surface area contributed by atoms with Crippen LogP contribution in [0.4, 0.5) is 5.69 Å². The molecule has 1 aromatic rings. The molecule has 0 bridgehead atoms. The van der Waals surface area contributed by atoms with Crippen molar-refractivity contribution in [2.75, 3.05) is 19.0 Å². The first-order chi connectivity index (χ1) is 10.4. The maximum absolute atomic E-state index is 11.2. The van der Waals surface area contributed by atoms with E-state index in [9.17, 15) is 4.79 Å². The first-order valence-corrected chi connectivity index (χ1v) is 8.08. The molecule has 3 atom stereocenters. The molecule has 22 heavy (non-hydrogen) atoms. The Labute approximate surface area is 132 Å². The van der Waals surface area contributed by atoms with Crippen LogP contribution in [0.1, 0.15) is 32.8 Å². The second-order valence-corrected chi connectivity index (χ2v) is 7.31. The molecule has 0 radical (unpaired) electrons. The van der Waals surface area contributed by atoms with Crippen molar-refractivity contribution < 1.29 is 9.53 Å². The summed E-state index contributed by atoms with van der Waals surface area (Å²) >= 11 is 0. The second-order valence-electron chi connectivity index (χ2n) is 7.31. The highest BCUT2D eigenvalue weighted by Crippen LogP contribution is 2.54. The number of benzene rings is 1. The number of carbonyl (C=O) groups is 1. The molecule has 1 aliphatic carbocycles. The monoisotopic (exact) mass is 302 g/mol. The van der Waals surface area contributed by atoms with Gasteiger partial charge in [-0.1, -0.05) is 26.0 Å². The van der Waals surface area contributed by atoms with E-state index in [1.807, 2.05) is 12.1 Å². The van der Waals surface area contributed by atoms with Crippen molar-refractivity contribution in [1.29, 1.82) is 0 Å². The number of amides is 1. The quantitative estimate of drug-likeness (QED) is 0.930. The van der Waals surface area contributed by atoms with Gasteiger partial charge in [-0.3, -0.25) is 9.69 Å². The summed E-state index contributed by atoms with van der Waals surface area (Å²) in [6, 6.07) is 8.67. The fourth-order valence-electron chi connectivity index (χ4n) is 4.53. The third-order valence-electron chi connectivity index (χ3n) is 5.19. The third kappa shape index (κ3) is 2.66. The van der Waals surface area contributed by atoms with Crippen molar-refractivity contribution in [2.45, 2.75) is 45.9 Å². The van der Waals surface area contributed by atoms with Gasteiger partial charge in [0.2, 0.25) is 5.91 Å². The molecule has 1 aromatic carbocycles. The van der Waals surface area contributed by atoms with Crippen molar-refractivity contribution in [2.24, 2.45) is 11.3 Å². The van der Waals surface area contributed by atoms with Crippen molar-refractivity contribution in [1.82, 2.24) is 4.90 Å². The van der Waals surface area contributed by atoms with E-state index >= 15 is 0 Å². The van der Waals surface area contributed by atoms with E-state index in [0.717, 1.165) is 18.8 Å². The number of hydrogen-bond acceptors (Lipinski definition) is 3. The van der Waals surface area contributed by atoms with Crippen molar-refractivity contribution in [3.63, 3.8) is 0 Å². The molecule has 2 fully saturated rings. The van der Waals surface area contributed by atoms with E-state index in [4.69, 9.17) is 4.74 Å².